The number of carbonyl (C=O) groups is 1. The zero-order valence-corrected chi connectivity index (χ0v) is 12.9. The van der Waals surface area contributed by atoms with Crippen LogP contribution in [0.2, 0.25) is 0 Å². The molecule has 116 valence electrons. The van der Waals surface area contributed by atoms with Crippen molar-refractivity contribution in [2.75, 3.05) is 6.54 Å². The van der Waals surface area contributed by atoms with Crippen LogP contribution in [0.5, 0.6) is 0 Å². The van der Waals surface area contributed by atoms with Crippen molar-refractivity contribution in [3.8, 4) is 11.1 Å². The molecule has 0 aliphatic carbocycles. The van der Waals surface area contributed by atoms with Crippen molar-refractivity contribution in [2.45, 2.75) is 25.8 Å². The monoisotopic (exact) mass is 307 g/mol. The number of fused-ring (bicyclic) bond motifs is 1. The molecule has 1 fully saturated rings. The molecule has 1 saturated heterocycles. The standard InChI is InChI=1S/C17H17N5O/c1-12(23)21-10-2-3-15(21)17-16-5-4-14(11-22(16)20-19-17)13-6-8-18-9-7-13/h4-9,11,15H,2-3,10H2,1H3. The minimum absolute atomic E-state index is 0.0387. The van der Waals surface area contributed by atoms with Crippen LogP contribution in [0, 0.1) is 0 Å². The molecular formula is C17H17N5O. The number of hydrogen-bond acceptors (Lipinski definition) is 4. The molecular weight excluding hydrogens is 290 g/mol. The van der Waals surface area contributed by atoms with Gasteiger partial charge >= 0.3 is 0 Å². The predicted molar refractivity (Wildman–Crippen MR) is 85.6 cm³/mol. The highest BCUT2D eigenvalue weighted by Gasteiger charge is 2.31. The predicted octanol–water partition coefficient (Wildman–Crippen LogP) is 2.47. The van der Waals surface area contributed by atoms with Crippen molar-refractivity contribution < 1.29 is 4.79 Å². The van der Waals surface area contributed by atoms with Gasteiger partial charge in [-0.2, -0.15) is 0 Å². The van der Waals surface area contributed by atoms with E-state index in [0.717, 1.165) is 41.7 Å². The van der Waals surface area contributed by atoms with E-state index in [1.807, 2.05) is 29.3 Å². The second-order valence-electron chi connectivity index (χ2n) is 5.83. The molecule has 1 aliphatic heterocycles. The van der Waals surface area contributed by atoms with Gasteiger partial charge in [0.05, 0.1) is 11.6 Å². The van der Waals surface area contributed by atoms with E-state index < -0.39 is 0 Å². The number of nitrogens with zero attached hydrogens (tertiary/aromatic N) is 5. The Labute approximate surface area is 133 Å². The van der Waals surface area contributed by atoms with Crippen molar-refractivity contribution in [3.05, 3.63) is 48.5 Å². The van der Waals surface area contributed by atoms with Crippen LogP contribution in [0.15, 0.2) is 42.9 Å². The van der Waals surface area contributed by atoms with Crippen LogP contribution in [0.1, 0.15) is 31.5 Å². The van der Waals surface area contributed by atoms with Gasteiger partial charge in [-0.3, -0.25) is 9.78 Å². The zero-order valence-electron chi connectivity index (χ0n) is 12.9. The molecule has 0 spiro atoms. The first-order chi connectivity index (χ1) is 11.2. The normalized spacial score (nSPS) is 17.8. The van der Waals surface area contributed by atoms with Gasteiger partial charge < -0.3 is 4.90 Å². The summed E-state index contributed by atoms with van der Waals surface area (Å²) in [5, 5.41) is 8.61. The van der Waals surface area contributed by atoms with Crippen LogP contribution in [-0.2, 0) is 4.79 Å². The maximum absolute atomic E-state index is 11.8. The highest BCUT2D eigenvalue weighted by Crippen LogP contribution is 2.33. The van der Waals surface area contributed by atoms with E-state index in [1.54, 1.807) is 23.8 Å². The fourth-order valence-electron chi connectivity index (χ4n) is 3.29. The molecule has 0 N–H and O–H groups in total. The summed E-state index contributed by atoms with van der Waals surface area (Å²) in [5.74, 6) is 0.0991. The Morgan fingerprint density at radius 2 is 2.00 bits per heavy atom. The molecule has 3 aromatic rings. The average molecular weight is 307 g/mol. The average Bonchev–Trinajstić information content (AvgIpc) is 3.21. The highest BCUT2D eigenvalue weighted by molar-refractivity contribution is 5.75. The van der Waals surface area contributed by atoms with E-state index >= 15 is 0 Å². The van der Waals surface area contributed by atoms with Crippen LogP contribution >= 0.6 is 0 Å². The number of carbonyl (C=O) groups excluding carboxylic acids is 1. The van der Waals surface area contributed by atoms with Gasteiger partial charge in [0.25, 0.3) is 0 Å². The topological polar surface area (TPSA) is 63.4 Å². The van der Waals surface area contributed by atoms with Gasteiger partial charge in [-0.15, -0.1) is 5.10 Å². The Kier molecular flexibility index (Phi) is 3.29. The maximum Gasteiger partial charge on any atom is 0.220 e. The largest absolute Gasteiger partial charge is 0.334 e. The summed E-state index contributed by atoms with van der Waals surface area (Å²) >= 11 is 0. The Balaban J connectivity index is 1.75. The smallest absolute Gasteiger partial charge is 0.220 e. The molecule has 3 aromatic heterocycles. The summed E-state index contributed by atoms with van der Waals surface area (Å²) in [6.45, 7) is 2.42. The van der Waals surface area contributed by atoms with Crippen LogP contribution in [0.25, 0.3) is 16.6 Å². The zero-order chi connectivity index (χ0) is 15.8. The fourth-order valence-corrected chi connectivity index (χ4v) is 3.29. The molecule has 0 saturated carbocycles. The lowest BCUT2D eigenvalue weighted by Crippen LogP contribution is -2.28. The lowest BCUT2D eigenvalue weighted by atomic mass is 10.1. The maximum atomic E-state index is 11.8. The molecule has 0 aromatic carbocycles. The van der Waals surface area contributed by atoms with Crippen molar-refractivity contribution in [3.63, 3.8) is 0 Å². The van der Waals surface area contributed by atoms with Gasteiger partial charge in [-0.1, -0.05) is 11.3 Å². The highest BCUT2D eigenvalue weighted by atomic mass is 16.2. The molecule has 23 heavy (non-hydrogen) atoms. The van der Waals surface area contributed by atoms with E-state index in [0.29, 0.717) is 0 Å². The number of amides is 1. The first-order valence-corrected chi connectivity index (χ1v) is 7.76. The lowest BCUT2D eigenvalue weighted by molar-refractivity contribution is -0.129. The molecule has 0 radical (unpaired) electrons. The van der Waals surface area contributed by atoms with Gasteiger partial charge in [0.1, 0.15) is 5.69 Å². The minimum atomic E-state index is 0.0387. The quantitative estimate of drug-likeness (QED) is 0.729. The molecule has 6 heteroatoms. The number of rotatable bonds is 2. The van der Waals surface area contributed by atoms with Gasteiger partial charge in [-0.25, -0.2) is 4.52 Å². The van der Waals surface area contributed by atoms with Crippen LogP contribution < -0.4 is 0 Å². The first kappa shape index (κ1) is 13.9. The first-order valence-electron chi connectivity index (χ1n) is 7.76. The summed E-state index contributed by atoms with van der Waals surface area (Å²) in [4.78, 5) is 17.7. The SMILES string of the molecule is CC(=O)N1CCCC1c1nnn2cc(-c3ccncc3)ccc12. The molecule has 1 aliphatic rings. The molecule has 4 rings (SSSR count). The third-order valence-corrected chi connectivity index (χ3v) is 4.43. The van der Waals surface area contributed by atoms with Crippen molar-refractivity contribution in [2.24, 2.45) is 0 Å². The summed E-state index contributed by atoms with van der Waals surface area (Å²) in [6, 6.07) is 8.06. The summed E-state index contributed by atoms with van der Waals surface area (Å²) in [5.41, 5.74) is 4.00. The van der Waals surface area contributed by atoms with Gasteiger partial charge in [0.2, 0.25) is 5.91 Å². The molecule has 1 unspecified atom stereocenters. The third-order valence-electron chi connectivity index (χ3n) is 4.43. The van der Waals surface area contributed by atoms with Crippen molar-refractivity contribution >= 4 is 11.4 Å². The molecule has 6 nitrogen and oxygen atoms in total. The van der Waals surface area contributed by atoms with Crippen LogP contribution in [-0.4, -0.2) is 37.2 Å². The van der Waals surface area contributed by atoms with Crippen LogP contribution in [0.4, 0.5) is 0 Å². The molecule has 4 heterocycles. The van der Waals surface area contributed by atoms with Crippen molar-refractivity contribution in [1.29, 1.82) is 0 Å². The Morgan fingerprint density at radius 1 is 1.17 bits per heavy atom. The molecule has 1 amide bonds. The van der Waals surface area contributed by atoms with E-state index in [2.05, 4.69) is 21.4 Å². The van der Waals surface area contributed by atoms with E-state index in [4.69, 9.17) is 0 Å². The molecule has 1 atom stereocenters. The Morgan fingerprint density at radius 3 is 2.78 bits per heavy atom. The fraction of sp³-hybridized carbons (Fsp3) is 0.294. The van der Waals surface area contributed by atoms with E-state index in [-0.39, 0.29) is 11.9 Å². The number of pyridine rings is 2. The number of likely N-dealkylation sites (tertiary alicyclic amines) is 1. The lowest BCUT2D eigenvalue weighted by Gasteiger charge is -2.21. The summed E-state index contributed by atoms with van der Waals surface area (Å²) in [6.07, 6.45) is 7.47. The van der Waals surface area contributed by atoms with E-state index in [9.17, 15) is 4.79 Å². The van der Waals surface area contributed by atoms with Crippen LogP contribution in [0.3, 0.4) is 0 Å². The number of aromatic nitrogens is 4. The van der Waals surface area contributed by atoms with Gasteiger partial charge in [-0.05, 0) is 36.6 Å². The molecule has 0 bridgehead atoms. The van der Waals surface area contributed by atoms with E-state index in [1.165, 1.54) is 0 Å². The Hall–Kier alpha value is -2.76. The van der Waals surface area contributed by atoms with Gasteiger partial charge in [0, 0.05) is 37.6 Å². The van der Waals surface area contributed by atoms with Gasteiger partial charge in [0.15, 0.2) is 0 Å². The number of hydrogen-bond donors (Lipinski definition) is 0. The third kappa shape index (κ3) is 2.36. The van der Waals surface area contributed by atoms with Crippen molar-refractivity contribution in [1.82, 2.24) is 24.7 Å². The summed E-state index contributed by atoms with van der Waals surface area (Å²) in [7, 11) is 0. The second kappa shape index (κ2) is 5.46. The minimum Gasteiger partial charge on any atom is -0.334 e. The summed E-state index contributed by atoms with van der Waals surface area (Å²) < 4.78 is 1.79. The Bertz CT molecular complexity index is 858. The second-order valence-corrected chi connectivity index (χ2v) is 5.83.